The van der Waals surface area contributed by atoms with Gasteiger partial charge in [0, 0.05) is 37.1 Å². The monoisotopic (exact) mass is 385 g/mol. The van der Waals surface area contributed by atoms with Crippen molar-refractivity contribution in [2.45, 2.75) is 37.9 Å². The number of sulfone groups is 1. The molecule has 0 atom stereocenters. The molecule has 0 aromatic heterocycles. The van der Waals surface area contributed by atoms with Gasteiger partial charge < -0.3 is 10.2 Å². The first kappa shape index (κ1) is 20.0. The molecule has 0 radical (unpaired) electrons. The van der Waals surface area contributed by atoms with Crippen LogP contribution in [0.3, 0.4) is 0 Å². The molecule has 140 valence electrons. The molecule has 1 N–H and O–H groups in total. The average Bonchev–Trinajstić information content (AvgIpc) is 2.51. The number of nitrogens with one attached hydrogen (secondary N) is 1. The molecular weight excluding hydrogens is 358 g/mol. The number of rotatable bonds is 3. The van der Waals surface area contributed by atoms with Gasteiger partial charge in [-0.05, 0) is 31.5 Å². The van der Waals surface area contributed by atoms with E-state index in [9.17, 15) is 8.42 Å². The fraction of sp³-hybridized carbons (Fsp3) is 0.611. The zero-order valence-corrected chi connectivity index (χ0v) is 17.2. The van der Waals surface area contributed by atoms with Crippen LogP contribution in [0.2, 0.25) is 5.02 Å². The van der Waals surface area contributed by atoms with Gasteiger partial charge in [0.2, 0.25) is 0 Å². The van der Waals surface area contributed by atoms with Gasteiger partial charge in [-0.1, -0.05) is 37.6 Å². The van der Waals surface area contributed by atoms with Crippen LogP contribution in [0.5, 0.6) is 0 Å². The molecule has 0 bridgehead atoms. The molecular formula is C18H28ClN3O2S. The van der Waals surface area contributed by atoms with E-state index in [-0.39, 0.29) is 11.2 Å². The molecule has 5 nitrogen and oxygen atoms in total. The minimum absolute atomic E-state index is 0.141. The second-order valence-electron chi connectivity index (χ2n) is 7.80. The molecule has 1 aromatic carbocycles. The molecule has 0 unspecified atom stereocenters. The highest BCUT2D eigenvalue weighted by Crippen LogP contribution is 2.26. The van der Waals surface area contributed by atoms with E-state index < -0.39 is 14.6 Å². The molecule has 1 saturated heterocycles. The summed E-state index contributed by atoms with van der Waals surface area (Å²) >= 11 is 6.11. The molecule has 25 heavy (non-hydrogen) atoms. The highest BCUT2D eigenvalue weighted by Gasteiger charge is 2.41. The van der Waals surface area contributed by atoms with E-state index in [0.717, 1.165) is 16.5 Å². The second-order valence-corrected chi connectivity index (χ2v) is 11.0. The molecule has 1 fully saturated rings. The Balaban J connectivity index is 2.08. The minimum Gasteiger partial charge on any atom is -0.355 e. The maximum Gasteiger partial charge on any atom is 0.193 e. The Kier molecular flexibility index (Phi) is 5.74. The molecule has 0 spiro atoms. The molecule has 7 heteroatoms. The van der Waals surface area contributed by atoms with Crippen LogP contribution in [0.4, 0.5) is 0 Å². The van der Waals surface area contributed by atoms with Crippen molar-refractivity contribution in [3.63, 3.8) is 0 Å². The van der Waals surface area contributed by atoms with Gasteiger partial charge in [0.15, 0.2) is 15.8 Å². The van der Waals surface area contributed by atoms with Gasteiger partial charge in [-0.25, -0.2) is 8.42 Å². The third-order valence-electron chi connectivity index (χ3n) is 4.85. The van der Waals surface area contributed by atoms with E-state index in [1.54, 1.807) is 20.9 Å². The first-order chi connectivity index (χ1) is 11.5. The first-order valence-electron chi connectivity index (χ1n) is 8.42. The van der Waals surface area contributed by atoms with Crippen molar-refractivity contribution in [1.82, 2.24) is 10.2 Å². The Morgan fingerprint density at radius 3 is 2.64 bits per heavy atom. The van der Waals surface area contributed by atoms with Crippen molar-refractivity contribution >= 4 is 27.4 Å². The Morgan fingerprint density at radius 2 is 2.08 bits per heavy atom. The van der Waals surface area contributed by atoms with Crippen molar-refractivity contribution in [2.24, 2.45) is 4.99 Å². The highest BCUT2D eigenvalue weighted by molar-refractivity contribution is 7.92. The lowest BCUT2D eigenvalue weighted by atomic mass is 9.84. The summed E-state index contributed by atoms with van der Waals surface area (Å²) in [4.78, 5) is 6.37. The maximum absolute atomic E-state index is 12.2. The number of aliphatic imine (C=N–C) groups is 1. The molecule has 1 aliphatic rings. The van der Waals surface area contributed by atoms with Crippen LogP contribution in [0.1, 0.15) is 33.3 Å². The van der Waals surface area contributed by atoms with E-state index in [1.165, 1.54) is 0 Å². The van der Waals surface area contributed by atoms with Crippen LogP contribution >= 0.6 is 11.6 Å². The zero-order valence-electron chi connectivity index (χ0n) is 15.6. The van der Waals surface area contributed by atoms with Crippen LogP contribution in [-0.2, 0) is 15.3 Å². The van der Waals surface area contributed by atoms with Crippen molar-refractivity contribution in [2.75, 3.05) is 32.4 Å². The molecule has 1 heterocycles. The van der Waals surface area contributed by atoms with E-state index in [0.29, 0.717) is 19.6 Å². The first-order valence-corrected chi connectivity index (χ1v) is 10.5. The van der Waals surface area contributed by atoms with E-state index in [2.05, 4.69) is 30.2 Å². The molecule has 2 rings (SSSR count). The lowest BCUT2D eigenvalue weighted by Crippen LogP contribution is -2.58. The topological polar surface area (TPSA) is 61.8 Å². The van der Waals surface area contributed by atoms with Crippen molar-refractivity contribution < 1.29 is 8.42 Å². The summed E-state index contributed by atoms with van der Waals surface area (Å²) < 4.78 is 23.6. The summed E-state index contributed by atoms with van der Waals surface area (Å²) in [5.74, 6) is 0.886. The molecule has 1 aliphatic heterocycles. The maximum atomic E-state index is 12.2. The molecule has 0 aliphatic carbocycles. The average molecular weight is 386 g/mol. The smallest absolute Gasteiger partial charge is 0.193 e. The molecule has 0 saturated carbocycles. The second kappa shape index (κ2) is 7.16. The highest BCUT2D eigenvalue weighted by atomic mass is 35.5. The Labute approximate surface area is 156 Å². The molecule has 1 aromatic rings. The third kappa shape index (κ3) is 4.47. The van der Waals surface area contributed by atoms with Crippen LogP contribution < -0.4 is 5.32 Å². The van der Waals surface area contributed by atoms with Gasteiger partial charge in [-0.2, -0.15) is 0 Å². The molecule has 0 amide bonds. The number of nitrogens with zero attached hydrogens (tertiary/aromatic N) is 2. The predicted molar refractivity (Wildman–Crippen MR) is 105 cm³/mol. The number of halogens is 1. The van der Waals surface area contributed by atoms with E-state index in [1.807, 2.05) is 23.1 Å². The zero-order chi connectivity index (χ0) is 18.9. The third-order valence-corrected chi connectivity index (χ3v) is 7.62. The number of benzene rings is 1. The Hall–Kier alpha value is -1.27. The number of hydrogen-bond donors (Lipinski definition) is 1. The van der Waals surface area contributed by atoms with E-state index in [4.69, 9.17) is 11.6 Å². The van der Waals surface area contributed by atoms with Crippen LogP contribution in [0, 0.1) is 0 Å². The minimum atomic E-state index is -3.07. The Morgan fingerprint density at radius 1 is 1.40 bits per heavy atom. The largest absolute Gasteiger partial charge is 0.355 e. The van der Waals surface area contributed by atoms with Crippen LogP contribution in [0.25, 0.3) is 0 Å². The lowest BCUT2D eigenvalue weighted by molar-refractivity contribution is 0.349. The van der Waals surface area contributed by atoms with Crippen molar-refractivity contribution in [1.29, 1.82) is 0 Å². The SMILES string of the molecule is CN=C(NCC(C)(C)c1cccc(Cl)c1)N1CCS(=O)(=O)C(C)(C)C1. The van der Waals surface area contributed by atoms with Gasteiger partial charge in [0.1, 0.15) is 0 Å². The summed E-state index contributed by atoms with van der Waals surface area (Å²) in [6.45, 7) is 9.40. The number of guanidine groups is 1. The fourth-order valence-corrected chi connectivity index (χ4v) is 4.52. The summed E-state index contributed by atoms with van der Waals surface area (Å²) in [5.41, 5.74) is 1.00. The summed E-state index contributed by atoms with van der Waals surface area (Å²) in [5, 5.41) is 4.12. The fourth-order valence-electron chi connectivity index (χ4n) is 2.97. The van der Waals surface area contributed by atoms with E-state index >= 15 is 0 Å². The van der Waals surface area contributed by atoms with Gasteiger partial charge in [0.05, 0.1) is 10.5 Å². The predicted octanol–water partition coefficient (Wildman–Crippen LogP) is 2.70. The van der Waals surface area contributed by atoms with Crippen molar-refractivity contribution in [3.05, 3.63) is 34.9 Å². The summed E-state index contributed by atoms with van der Waals surface area (Å²) in [6.07, 6.45) is 0. The summed E-state index contributed by atoms with van der Waals surface area (Å²) in [6, 6.07) is 7.85. The van der Waals surface area contributed by atoms with Crippen molar-refractivity contribution in [3.8, 4) is 0 Å². The van der Waals surface area contributed by atoms with Crippen LogP contribution in [-0.4, -0.2) is 56.5 Å². The normalized spacial score (nSPS) is 20.4. The number of hydrogen-bond acceptors (Lipinski definition) is 3. The lowest BCUT2D eigenvalue weighted by Gasteiger charge is -2.40. The quantitative estimate of drug-likeness (QED) is 0.641. The van der Waals surface area contributed by atoms with Gasteiger partial charge in [0.25, 0.3) is 0 Å². The van der Waals surface area contributed by atoms with Crippen LogP contribution in [0.15, 0.2) is 29.3 Å². The summed E-state index contributed by atoms with van der Waals surface area (Å²) in [7, 11) is -1.34. The van der Waals surface area contributed by atoms with Gasteiger partial charge in [-0.15, -0.1) is 0 Å². The van der Waals surface area contributed by atoms with Gasteiger partial charge >= 0.3 is 0 Å². The standard InChI is InChI=1S/C18H28ClN3O2S/c1-17(2,14-7-6-8-15(19)11-14)12-21-16(20-5)22-9-10-25(23,24)18(3,4)13-22/h6-8,11H,9-10,12-13H2,1-5H3,(H,20,21). The van der Waals surface area contributed by atoms with Gasteiger partial charge in [-0.3, -0.25) is 4.99 Å². The Bertz CT molecular complexity index is 757.